The summed E-state index contributed by atoms with van der Waals surface area (Å²) in [6, 6.07) is 4.97. The minimum atomic E-state index is -0.694. The molecule has 2 rings (SSSR count). The van der Waals surface area contributed by atoms with Crippen LogP contribution < -0.4 is 4.90 Å². The number of hydrogen-bond acceptors (Lipinski definition) is 5. The fourth-order valence-electron chi connectivity index (χ4n) is 2.26. The molecule has 0 radical (unpaired) electrons. The molecule has 0 aliphatic carbocycles. The summed E-state index contributed by atoms with van der Waals surface area (Å²) in [4.78, 5) is 15.0. The highest BCUT2D eigenvalue weighted by Crippen LogP contribution is 2.31. The molecule has 6 heteroatoms. The van der Waals surface area contributed by atoms with Crippen molar-refractivity contribution in [3.05, 3.63) is 33.9 Å². The molecule has 0 aromatic heterocycles. The average Bonchev–Trinajstić information content (AvgIpc) is 2.38. The summed E-state index contributed by atoms with van der Waals surface area (Å²) in [6.45, 7) is 4.97. The summed E-state index contributed by atoms with van der Waals surface area (Å²) in [6.07, 6.45) is -0.694. The average molecular weight is 265 g/mol. The Morgan fingerprint density at radius 2 is 1.95 bits per heavy atom. The van der Waals surface area contributed by atoms with Crippen LogP contribution in [0.5, 0.6) is 0 Å². The maximum absolute atomic E-state index is 11.2. The molecule has 1 aliphatic rings. The lowest BCUT2D eigenvalue weighted by atomic mass is 10.1. The predicted molar refractivity (Wildman–Crippen MR) is 73.4 cm³/mol. The van der Waals surface area contributed by atoms with Gasteiger partial charge < -0.3 is 14.9 Å². The van der Waals surface area contributed by atoms with Gasteiger partial charge in [0.2, 0.25) is 0 Å². The van der Waals surface area contributed by atoms with E-state index in [0.717, 1.165) is 26.2 Å². The van der Waals surface area contributed by atoms with E-state index in [1.165, 1.54) is 6.07 Å². The van der Waals surface area contributed by atoms with Crippen molar-refractivity contribution in [2.24, 2.45) is 0 Å². The van der Waals surface area contributed by atoms with Gasteiger partial charge in [-0.2, -0.15) is 0 Å². The smallest absolute Gasteiger partial charge is 0.292 e. The Hall–Kier alpha value is -1.66. The third kappa shape index (κ3) is 3.02. The van der Waals surface area contributed by atoms with Crippen LogP contribution >= 0.6 is 0 Å². The molecule has 1 aromatic rings. The van der Waals surface area contributed by atoms with Gasteiger partial charge in [0.1, 0.15) is 5.69 Å². The van der Waals surface area contributed by atoms with Gasteiger partial charge in [-0.25, -0.2) is 0 Å². The van der Waals surface area contributed by atoms with Crippen LogP contribution in [0.25, 0.3) is 0 Å². The number of nitrogens with zero attached hydrogens (tertiary/aromatic N) is 3. The van der Waals surface area contributed by atoms with E-state index in [0.29, 0.717) is 11.3 Å². The van der Waals surface area contributed by atoms with Gasteiger partial charge in [-0.05, 0) is 25.6 Å². The maximum Gasteiger partial charge on any atom is 0.292 e. The van der Waals surface area contributed by atoms with Gasteiger partial charge in [-0.1, -0.05) is 6.07 Å². The number of rotatable bonds is 3. The van der Waals surface area contributed by atoms with Gasteiger partial charge in [-0.15, -0.1) is 0 Å². The van der Waals surface area contributed by atoms with Gasteiger partial charge in [0.05, 0.1) is 11.0 Å². The molecule has 6 nitrogen and oxygen atoms in total. The van der Waals surface area contributed by atoms with Gasteiger partial charge in [-0.3, -0.25) is 10.1 Å². The van der Waals surface area contributed by atoms with Crippen LogP contribution in [0.1, 0.15) is 18.6 Å². The van der Waals surface area contributed by atoms with Gasteiger partial charge in [0.15, 0.2) is 0 Å². The molecule has 1 fully saturated rings. The summed E-state index contributed by atoms with van der Waals surface area (Å²) in [5.41, 5.74) is 1.29. The van der Waals surface area contributed by atoms with Crippen molar-refractivity contribution in [2.75, 3.05) is 38.1 Å². The minimum Gasteiger partial charge on any atom is -0.389 e. The molecule has 0 spiro atoms. The molecular weight excluding hydrogens is 246 g/mol. The number of benzene rings is 1. The Kier molecular flexibility index (Phi) is 4.01. The van der Waals surface area contributed by atoms with Crippen molar-refractivity contribution >= 4 is 11.4 Å². The fourth-order valence-corrected chi connectivity index (χ4v) is 2.26. The molecular formula is C13H19N3O3. The normalized spacial score (nSPS) is 18.4. The van der Waals surface area contributed by atoms with Crippen molar-refractivity contribution in [2.45, 2.75) is 13.0 Å². The van der Waals surface area contributed by atoms with Crippen molar-refractivity contribution in [3.63, 3.8) is 0 Å². The predicted octanol–water partition coefficient (Wildman–Crippen LogP) is 1.40. The quantitative estimate of drug-likeness (QED) is 0.661. The molecule has 19 heavy (non-hydrogen) atoms. The summed E-state index contributed by atoms with van der Waals surface area (Å²) in [5, 5.41) is 20.7. The lowest BCUT2D eigenvalue weighted by Crippen LogP contribution is -2.44. The van der Waals surface area contributed by atoms with Crippen molar-refractivity contribution in [1.82, 2.24) is 4.90 Å². The lowest BCUT2D eigenvalue weighted by Gasteiger charge is -2.33. The molecule has 0 amide bonds. The molecule has 1 saturated heterocycles. The largest absolute Gasteiger partial charge is 0.389 e. The molecule has 1 N–H and O–H groups in total. The highest BCUT2D eigenvalue weighted by molar-refractivity contribution is 5.64. The van der Waals surface area contributed by atoms with E-state index in [1.54, 1.807) is 19.1 Å². The van der Waals surface area contributed by atoms with Crippen LogP contribution in [-0.2, 0) is 0 Å². The number of aliphatic hydroxyl groups is 1. The fraction of sp³-hybridized carbons (Fsp3) is 0.538. The zero-order chi connectivity index (χ0) is 14.0. The highest BCUT2D eigenvalue weighted by atomic mass is 16.6. The molecule has 0 bridgehead atoms. The summed E-state index contributed by atoms with van der Waals surface area (Å²) in [7, 11) is 2.04. The van der Waals surface area contributed by atoms with E-state index in [9.17, 15) is 15.2 Å². The van der Waals surface area contributed by atoms with E-state index in [-0.39, 0.29) is 10.6 Å². The first-order valence-corrected chi connectivity index (χ1v) is 6.39. The monoisotopic (exact) mass is 265 g/mol. The molecule has 1 atom stereocenters. The second-order valence-corrected chi connectivity index (χ2v) is 4.97. The first-order valence-electron chi connectivity index (χ1n) is 6.39. The topological polar surface area (TPSA) is 69.8 Å². The first kappa shape index (κ1) is 13.8. The Balaban J connectivity index is 2.31. The Labute approximate surface area is 112 Å². The third-order valence-corrected chi connectivity index (χ3v) is 3.52. The number of hydrogen-bond donors (Lipinski definition) is 1. The molecule has 0 unspecified atom stereocenters. The van der Waals surface area contributed by atoms with Crippen molar-refractivity contribution in [1.29, 1.82) is 0 Å². The third-order valence-electron chi connectivity index (χ3n) is 3.52. The minimum absolute atomic E-state index is 0.0722. The van der Waals surface area contributed by atoms with Crippen LogP contribution in [-0.4, -0.2) is 48.2 Å². The van der Waals surface area contributed by atoms with Gasteiger partial charge in [0, 0.05) is 32.2 Å². The van der Waals surface area contributed by atoms with E-state index in [4.69, 9.17) is 0 Å². The molecule has 1 aliphatic heterocycles. The van der Waals surface area contributed by atoms with E-state index < -0.39 is 6.10 Å². The number of anilines is 1. The second kappa shape index (κ2) is 5.54. The zero-order valence-corrected chi connectivity index (χ0v) is 11.2. The first-order chi connectivity index (χ1) is 8.99. The maximum atomic E-state index is 11.2. The SMILES string of the molecule is C[C@@H](O)c1ccc(N2CCN(C)CC2)c([N+](=O)[O-])c1. The summed E-state index contributed by atoms with van der Waals surface area (Å²) < 4.78 is 0. The van der Waals surface area contributed by atoms with Crippen LogP contribution in [0.4, 0.5) is 11.4 Å². The molecule has 1 aromatic carbocycles. The number of nitro groups is 1. The Morgan fingerprint density at radius 1 is 1.32 bits per heavy atom. The molecule has 0 saturated carbocycles. The number of nitro benzene ring substituents is 1. The summed E-state index contributed by atoms with van der Waals surface area (Å²) >= 11 is 0. The van der Waals surface area contributed by atoms with Crippen LogP contribution in [0.2, 0.25) is 0 Å². The van der Waals surface area contributed by atoms with Gasteiger partial charge >= 0.3 is 0 Å². The summed E-state index contributed by atoms with van der Waals surface area (Å²) in [5.74, 6) is 0. The number of likely N-dealkylation sites (N-methyl/N-ethyl adjacent to an activating group) is 1. The van der Waals surface area contributed by atoms with E-state index >= 15 is 0 Å². The standard InChI is InChI=1S/C13H19N3O3/c1-10(17)11-3-4-12(13(9-11)16(18)19)15-7-5-14(2)6-8-15/h3-4,9-10,17H,5-8H2,1-2H3/t10-/m1/s1. The van der Waals surface area contributed by atoms with Crippen LogP contribution in [0.15, 0.2) is 18.2 Å². The number of piperazine rings is 1. The van der Waals surface area contributed by atoms with Crippen molar-refractivity contribution < 1.29 is 10.0 Å². The van der Waals surface area contributed by atoms with E-state index in [2.05, 4.69) is 4.90 Å². The molecule has 1 heterocycles. The lowest BCUT2D eigenvalue weighted by molar-refractivity contribution is -0.384. The van der Waals surface area contributed by atoms with Crippen molar-refractivity contribution in [3.8, 4) is 0 Å². The Bertz CT molecular complexity index is 468. The molecule has 104 valence electrons. The highest BCUT2D eigenvalue weighted by Gasteiger charge is 2.23. The van der Waals surface area contributed by atoms with Crippen LogP contribution in [0, 0.1) is 10.1 Å². The van der Waals surface area contributed by atoms with E-state index in [1.807, 2.05) is 11.9 Å². The van der Waals surface area contributed by atoms with Gasteiger partial charge in [0.25, 0.3) is 5.69 Å². The Morgan fingerprint density at radius 3 is 2.47 bits per heavy atom. The zero-order valence-electron chi connectivity index (χ0n) is 11.2. The number of aliphatic hydroxyl groups excluding tert-OH is 1. The van der Waals surface area contributed by atoms with Crippen LogP contribution in [0.3, 0.4) is 0 Å². The second-order valence-electron chi connectivity index (χ2n) is 4.97.